The fraction of sp³-hybridized carbons (Fsp3) is 0.250. The van der Waals surface area contributed by atoms with Crippen molar-refractivity contribution in [2.75, 3.05) is 12.4 Å². The smallest absolute Gasteiger partial charge is 0.263 e. The number of nitrogens with one attached hydrogen (secondary N) is 1. The van der Waals surface area contributed by atoms with Crippen molar-refractivity contribution < 1.29 is 13.5 Å². The third-order valence-electron chi connectivity index (χ3n) is 3.16. The molecular formula is C16H16BrF2NO. The van der Waals surface area contributed by atoms with Crippen molar-refractivity contribution >= 4 is 21.6 Å². The Morgan fingerprint density at radius 1 is 1.24 bits per heavy atom. The number of benzene rings is 2. The summed E-state index contributed by atoms with van der Waals surface area (Å²) in [7, 11) is 1.60. The zero-order valence-corrected chi connectivity index (χ0v) is 13.4. The molecule has 0 heterocycles. The number of aryl methyl sites for hydroxylation is 1. The molecule has 0 spiro atoms. The van der Waals surface area contributed by atoms with Gasteiger partial charge in [0.05, 0.1) is 12.8 Å². The molecule has 0 unspecified atom stereocenters. The van der Waals surface area contributed by atoms with E-state index in [1.165, 1.54) is 12.1 Å². The van der Waals surface area contributed by atoms with Crippen LogP contribution in [0.5, 0.6) is 5.75 Å². The first-order valence-electron chi connectivity index (χ1n) is 6.46. The molecule has 0 fully saturated rings. The van der Waals surface area contributed by atoms with E-state index in [9.17, 15) is 8.78 Å². The Labute approximate surface area is 131 Å². The van der Waals surface area contributed by atoms with Gasteiger partial charge in [-0.25, -0.2) is 8.78 Å². The summed E-state index contributed by atoms with van der Waals surface area (Å²) in [5.41, 5.74) is 2.72. The molecule has 0 saturated heterocycles. The number of hydrogen-bond donors (Lipinski definition) is 1. The lowest BCUT2D eigenvalue weighted by Crippen LogP contribution is -2.04. The summed E-state index contributed by atoms with van der Waals surface area (Å²) < 4.78 is 31.7. The average Bonchev–Trinajstić information content (AvgIpc) is 2.45. The summed E-state index contributed by atoms with van der Waals surface area (Å²) in [6.07, 6.45) is -2.45. The van der Waals surface area contributed by atoms with Gasteiger partial charge in [0.25, 0.3) is 6.43 Å². The average molecular weight is 356 g/mol. The molecule has 0 aliphatic rings. The van der Waals surface area contributed by atoms with Crippen LogP contribution in [0, 0.1) is 6.92 Å². The molecule has 0 aliphatic heterocycles. The van der Waals surface area contributed by atoms with Crippen LogP contribution in [-0.4, -0.2) is 7.11 Å². The van der Waals surface area contributed by atoms with Gasteiger partial charge in [-0.05, 0) is 36.2 Å². The van der Waals surface area contributed by atoms with Crippen LogP contribution < -0.4 is 10.1 Å². The number of halogens is 3. The summed E-state index contributed by atoms with van der Waals surface area (Å²) in [6, 6.07) is 10.2. The predicted molar refractivity (Wildman–Crippen MR) is 84.2 cm³/mol. The predicted octanol–water partition coefficient (Wildman–Crippen LogP) is 5.32. The molecule has 21 heavy (non-hydrogen) atoms. The number of hydrogen-bond acceptors (Lipinski definition) is 2. The Morgan fingerprint density at radius 2 is 2.00 bits per heavy atom. The van der Waals surface area contributed by atoms with E-state index in [-0.39, 0.29) is 5.56 Å². The maximum Gasteiger partial charge on any atom is 0.263 e. The summed E-state index contributed by atoms with van der Waals surface area (Å²) in [6.45, 7) is 2.42. The quantitative estimate of drug-likeness (QED) is 0.783. The van der Waals surface area contributed by atoms with Gasteiger partial charge in [0.1, 0.15) is 5.75 Å². The summed E-state index contributed by atoms with van der Waals surface area (Å²) in [5, 5.41) is 3.25. The Kier molecular flexibility index (Phi) is 5.17. The molecule has 1 N–H and O–H groups in total. The lowest BCUT2D eigenvalue weighted by molar-refractivity contribution is 0.151. The summed E-state index contributed by atoms with van der Waals surface area (Å²) >= 11 is 3.42. The van der Waals surface area contributed by atoms with Crippen molar-refractivity contribution in [2.45, 2.75) is 19.9 Å². The Balaban J connectivity index is 2.18. The molecule has 5 heteroatoms. The molecule has 2 nitrogen and oxygen atoms in total. The molecule has 0 aliphatic carbocycles. The number of methoxy groups -OCH3 is 1. The van der Waals surface area contributed by atoms with Crippen LogP contribution in [0.3, 0.4) is 0 Å². The van der Waals surface area contributed by atoms with Crippen molar-refractivity contribution in [3.63, 3.8) is 0 Å². The van der Waals surface area contributed by atoms with Gasteiger partial charge in [0.2, 0.25) is 0 Å². The van der Waals surface area contributed by atoms with E-state index < -0.39 is 6.43 Å². The maximum absolute atomic E-state index is 12.7. The van der Waals surface area contributed by atoms with Crippen LogP contribution in [0.4, 0.5) is 14.5 Å². The largest absolute Gasteiger partial charge is 0.495 e. The molecule has 0 atom stereocenters. The number of ether oxygens (including phenoxy) is 1. The van der Waals surface area contributed by atoms with Gasteiger partial charge < -0.3 is 10.1 Å². The van der Waals surface area contributed by atoms with E-state index in [1.54, 1.807) is 13.2 Å². The first-order valence-corrected chi connectivity index (χ1v) is 7.25. The molecule has 2 aromatic rings. The van der Waals surface area contributed by atoms with Crippen molar-refractivity contribution in [1.82, 2.24) is 0 Å². The van der Waals surface area contributed by atoms with Crippen LogP contribution in [0.15, 0.2) is 40.9 Å². The lowest BCUT2D eigenvalue weighted by atomic mass is 10.1. The van der Waals surface area contributed by atoms with Crippen LogP contribution in [0.1, 0.15) is 23.1 Å². The normalized spacial score (nSPS) is 10.8. The summed E-state index contributed by atoms with van der Waals surface area (Å²) in [5.74, 6) is 0.715. The van der Waals surface area contributed by atoms with Crippen LogP contribution >= 0.6 is 15.9 Å². The minimum absolute atomic E-state index is 0.0359. The highest BCUT2D eigenvalue weighted by atomic mass is 79.9. The first kappa shape index (κ1) is 15.8. The molecule has 0 aromatic heterocycles. The highest BCUT2D eigenvalue weighted by molar-refractivity contribution is 9.10. The van der Waals surface area contributed by atoms with Gasteiger partial charge in [-0.3, -0.25) is 0 Å². The minimum atomic E-state index is -2.45. The zero-order valence-electron chi connectivity index (χ0n) is 11.8. The van der Waals surface area contributed by atoms with E-state index in [0.29, 0.717) is 12.3 Å². The molecule has 2 aromatic carbocycles. The second-order valence-electron chi connectivity index (χ2n) is 4.70. The van der Waals surface area contributed by atoms with Gasteiger partial charge in [-0.1, -0.05) is 34.1 Å². The SMILES string of the molecule is COc1cc(Br)cc(C)c1NCc1cccc(C(F)F)c1. The van der Waals surface area contributed by atoms with Crippen LogP contribution in [0.2, 0.25) is 0 Å². The van der Waals surface area contributed by atoms with E-state index in [2.05, 4.69) is 21.2 Å². The van der Waals surface area contributed by atoms with Crippen molar-refractivity contribution in [2.24, 2.45) is 0 Å². The zero-order chi connectivity index (χ0) is 15.4. The van der Waals surface area contributed by atoms with Crippen molar-refractivity contribution in [3.8, 4) is 5.75 Å². The van der Waals surface area contributed by atoms with Crippen LogP contribution in [-0.2, 0) is 6.54 Å². The molecule has 0 radical (unpaired) electrons. The highest BCUT2D eigenvalue weighted by Gasteiger charge is 2.10. The number of anilines is 1. The number of alkyl halides is 2. The van der Waals surface area contributed by atoms with Crippen molar-refractivity contribution in [3.05, 3.63) is 57.6 Å². The third kappa shape index (κ3) is 3.94. The lowest BCUT2D eigenvalue weighted by Gasteiger charge is -2.15. The fourth-order valence-corrected chi connectivity index (χ4v) is 2.68. The maximum atomic E-state index is 12.7. The molecular weight excluding hydrogens is 340 g/mol. The molecule has 0 bridgehead atoms. The second kappa shape index (κ2) is 6.89. The third-order valence-corrected chi connectivity index (χ3v) is 3.61. The van der Waals surface area contributed by atoms with E-state index >= 15 is 0 Å². The highest BCUT2D eigenvalue weighted by Crippen LogP contribution is 2.32. The van der Waals surface area contributed by atoms with E-state index in [1.807, 2.05) is 25.1 Å². The van der Waals surface area contributed by atoms with Gasteiger partial charge in [0, 0.05) is 16.6 Å². The first-order chi connectivity index (χ1) is 10.0. The van der Waals surface area contributed by atoms with Crippen molar-refractivity contribution in [1.29, 1.82) is 0 Å². The molecule has 2 rings (SSSR count). The standard InChI is InChI=1S/C16H16BrF2NO/c1-10-6-13(17)8-14(21-2)15(10)20-9-11-4-3-5-12(7-11)16(18)19/h3-8,16,20H,9H2,1-2H3. The van der Waals surface area contributed by atoms with Gasteiger partial charge in [-0.2, -0.15) is 0 Å². The van der Waals surface area contributed by atoms with E-state index in [0.717, 1.165) is 21.3 Å². The number of rotatable bonds is 5. The molecule has 112 valence electrons. The topological polar surface area (TPSA) is 21.3 Å². The monoisotopic (exact) mass is 355 g/mol. The summed E-state index contributed by atoms with van der Waals surface area (Å²) in [4.78, 5) is 0. The fourth-order valence-electron chi connectivity index (χ4n) is 2.13. The van der Waals surface area contributed by atoms with Gasteiger partial charge in [-0.15, -0.1) is 0 Å². The van der Waals surface area contributed by atoms with E-state index in [4.69, 9.17) is 4.74 Å². The Hall–Kier alpha value is -1.62. The molecule has 0 saturated carbocycles. The minimum Gasteiger partial charge on any atom is -0.495 e. The van der Waals surface area contributed by atoms with Gasteiger partial charge in [0.15, 0.2) is 0 Å². The Morgan fingerprint density at radius 3 is 2.67 bits per heavy atom. The Bertz CT molecular complexity index is 632. The van der Waals surface area contributed by atoms with Gasteiger partial charge >= 0.3 is 0 Å². The molecule has 0 amide bonds. The van der Waals surface area contributed by atoms with Crippen LogP contribution in [0.25, 0.3) is 0 Å². The second-order valence-corrected chi connectivity index (χ2v) is 5.61.